The summed E-state index contributed by atoms with van der Waals surface area (Å²) in [6.45, 7) is 3.00. The molecular formula is C12H15FN2O5. The summed E-state index contributed by atoms with van der Waals surface area (Å²) in [7, 11) is 1.55. The van der Waals surface area contributed by atoms with Crippen LogP contribution in [0.15, 0.2) is 12.1 Å². The molecule has 0 aliphatic rings. The lowest BCUT2D eigenvalue weighted by atomic mass is 10.1. The molecule has 0 saturated carbocycles. The number of nitro groups is 1. The Morgan fingerprint density at radius 3 is 2.70 bits per heavy atom. The third-order valence-corrected chi connectivity index (χ3v) is 2.68. The number of benzene rings is 1. The molecule has 20 heavy (non-hydrogen) atoms. The van der Waals surface area contributed by atoms with Gasteiger partial charge in [-0.1, -0.05) is 0 Å². The maximum Gasteiger partial charge on any atom is 0.342 e. The third kappa shape index (κ3) is 3.64. The average Bonchev–Trinajstić information content (AvgIpc) is 2.37. The van der Waals surface area contributed by atoms with Crippen LogP contribution >= 0.6 is 0 Å². The number of nitro benzene ring substituents is 1. The Bertz CT molecular complexity index is 521. The summed E-state index contributed by atoms with van der Waals surface area (Å²) >= 11 is 0. The molecule has 0 aromatic heterocycles. The van der Waals surface area contributed by atoms with Gasteiger partial charge in [0.1, 0.15) is 5.56 Å². The molecular weight excluding hydrogens is 271 g/mol. The second-order valence-electron chi connectivity index (χ2n) is 4.00. The number of halogens is 1. The van der Waals surface area contributed by atoms with Crippen molar-refractivity contribution in [2.75, 3.05) is 31.7 Å². The zero-order chi connectivity index (χ0) is 15.3. The Labute approximate surface area is 114 Å². The van der Waals surface area contributed by atoms with Gasteiger partial charge in [-0.05, 0) is 13.0 Å². The topological polar surface area (TPSA) is 92.9 Å². The summed E-state index contributed by atoms with van der Waals surface area (Å²) in [5.41, 5.74) is -1.33. The van der Waals surface area contributed by atoms with E-state index in [1.165, 1.54) is 4.90 Å². The smallest absolute Gasteiger partial charge is 0.342 e. The first kappa shape index (κ1) is 15.8. The molecule has 8 heteroatoms. The Kier molecular flexibility index (Phi) is 5.39. The van der Waals surface area contributed by atoms with Gasteiger partial charge in [-0.2, -0.15) is 0 Å². The zero-order valence-corrected chi connectivity index (χ0v) is 11.1. The molecule has 0 atom stereocenters. The second kappa shape index (κ2) is 6.80. The van der Waals surface area contributed by atoms with E-state index >= 15 is 0 Å². The van der Waals surface area contributed by atoms with Crippen LogP contribution in [-0.2, 0) is 4.74 Å². The van der Waals surface area contributed by atoms with Gasteiger partial charge in [-0.25, -0.2) is 9.18 Å². The first-order valence-corrected chi connectivity index (χ1v) is 5.88. The van der Waals surface area contributed by atoms with Crippen molar-refractivity contribution in [2.45, 2.75) is 6.92 Å². The summed E-state index contributed by atoms with van der Waals surface area (Å²) in [5, 5.41) is 19.7. The number of carboxylic acids is 1. The minimum absolute atomic E-state index is 0.0206. The van der Waals surface area contributed by atoms with Crippen LogP contribution in [-0.4, -0.2) is 42.8 Å². The zero-order valence-electron chi connectivity index (χ0n) is 11.1. The fourth-order valence-electron chi connectivity index (χ4n) is 1.63. The van der Waals surface area contributed by atoms with Crippen LogP contribution in [0.3, 0.4) is 0 Å². The molecule has 0 saturated heterocycles. The van der Waals surface area contributed by atoms with E-state index in [9.17, 15) is 19.3 Å². The van der Waals surface area contributed by atoms with Gasteiger partial charge in [0.2, 0.25) is 0 Å². The summed E-state index contributed by atoms with van der Waals surface area (Å²) in [5.74, 6) is -2.32. The van der Waals surface area contributed by atoms with Crippen LogP contribution in [0.25, 0.3) is 0 Å². The molecule has 1 N–H and O–H groups in total. The monoisotopic (exact) mass is 286 g/mol. The Morgan fingerprint density at radius 1 is 1.55 bits per heavy atom. The second-order valence-corrected chi connectivity index (χ2v) is 4.00. The van der Waals surface area contributed by atoms with Crippen LogP contribution in [0.4, 0.5) is 15.8 Å². The minimum Gasteiger partial charge on any atom is -0.477 e. The van der Waals surface area contributed by atoms with Gasteiger partial charge >= 0.3 is 5.97 Å². The number of hydrogen-bond acceptors (Lipinski definition) is 5. The van der Waals surface area contributed by atoms with E-state index in [1.54, 1.807) is 7.05 Å². The highest BCUT2D eigenvalue weighted by Crippen LogP contribution is 2.28. The van der Waals surface area contributed by atoms with E-state index in [0.29, 0.717) is 25.8 Å². The number of anilines is 1. The van der Waals surface area contributed by atoms with E-state index in [2.05, 4.69) is 0 Å². The van der Waals surface area contributed by atoms with Crippen molar-refractivity contribution in [1.82, 2.24) is 0 Å². The SMILES string of the molecule is CCOCCN(C)c1cc(C(=O)O)c([N+](=O)[O-])cc1F. The molecule has 0 fully saturated rings. The van der Waals surface area contributed by atoms with E-state index in [4.69, 9.17) is 9.84 Å². The fraction of sp³-hybridized carbons (Fsp3) is 0.417. The van der Waals surface area contributed by atoms with Gasteiger partial charge in [-0.3, -0.25) is 10.1 Å². The predicted octanol–water partition coefficient (Wildman–Crippen LogP) is 1.90. The minimum atomic E-state index is -1.48. The molecule has 0 unspecified atom stereocenters. The highest BCUT2D eigenvalue weighted by molar-refractivity contribution is 5.93. The summed E-state index contributed by atoms with van der Waals surface area (Å²) in [6, 6.07) is 1.58. The molecule has 0 radical (unpaired) electrons. The number of nitrogens with zero attached hydrogens (tertiary/aromatic N) is 2. The summed E-state index contributed by atoms with van der Waals surface area (Å²) < 4.78 is 19.0. The highest BCUT2D eigenvalue weighted by atomic mass is 19.1. The molecule has 0 bridgehead atoms. The number of hydrogen-bond donors (Lipinski definition) is 1. The van der Waals surface area contributed by atoms with E-state index in [-0.39, 0.29) is 5.69 Å². The number of likely N-dealkylation sites (N-methyl/N-ethyl adjacent to an activating group) is 1. The van der Waals surface area contributed by atoms with Crippen LogP contribution in [0, 0.1) is 15.9 Å². The highest BCUT2D eigenvalue weighted by Gasteiger charge is 2.24. The van der Waals surface area contributed by atoms with Gasteiger partial charge in [-0.15, -0.1) is 0 Å². The first-order chi connectivity index (χ1) is 9.38. The Balaban J connectivity index is 3.12. The van der Waals surface area contributed by atoms with Gasteiger partial charge in [0, 0.05) is 20.2 Å². The quantitative estimate of drug-likeness (QED) is 0.467. The maximum atomic E-state index is 13.8. The summed E-state index contributed by atoms with van der Waals surface area (Å²) in [4.78, 5) is 22.2. The Hall–Kier alpha value is -2.22. The van der Waals surface area contributed by atoms with E-state index < -0.39 is 28.0 Å². The molecule has 110 valence electrons. The number of carbonyl (C=O) groups is 1. The standard InChI is InChI=1S/C12H15FN2O5/c1-3-20-5-4-14(2)11-6-8(12(16)17)10(15(18)19)7-9(11)13/h6-7H,3-5H2,1-2H3,(H,16,17). The van der Waals surface area contributed by atoms with E-state index in [1.807, 2.05) is 6.92 Å². The molecule has 0 heterocycles. The molecule has 0 amide bonds. The van der Waals surface area contributed by atoms with Crippen molar-refractivity contribution in [2.24, 2.45) is 0 Å². The van der Waals surface area contributed by atoms with Gasteiger partial charge < -0.3 is 14.7 Å². The van der Waals surface area contributed by atoms with Crippen molar-refractivity contribution in [3.63, 3.8) is 0 Å². The van der Waals surface area contributed by atoms with E-state index in [0.717, 1.165) is 6.07 Å². The molecule has 7 nitrogen and oxygen atoms in total. The molecule has 0 spiro atoms. The average molecular weight is 286 g/mol. The third-order valence-electron chi connectivity index (χ3n) is 2.68. The molecule has 1 aromatic rings. The van der Waals surface area contributed by atoms with Crippen LogP contribution < -0.4 is 4.90 Å². The number of carboxylic acid groups (broad SMARTS) is 1. The van der Waals surface area contributed by atoms with Crippen LogP contribution in [0.1, 0.15) is 17.3 Å². The lowest BCUT2D eigenvalue weighted by Crippen LogP contribution is -2.24. The normalized spacial score (nSPS) is 10.3. The van der Waals surface area contributed by atoms with Crippen LogP contribution in [0.2, 0.25) is 0 Å². The van der Waals surface area contributed by atoms with Gasteiger partial charge in [0.25, 0.3) is 5.69 Å². The predicted molar refractivity (Wildman–Crippen MR) is 69.8 cm³/mol. The first-order valence-electron chi connectivity index (χ1n) is 5.88. The van der Waals surface area contributed by atoms with Crippen molar-refractivity contribution in [3.8, 4) is 0 Å². The molecule has 1 rings (SSSR count). The molecule has 0 aliphatic heterocycles. The largest absolute Gasteiger partial charge is 0.477 e. The number of rotatable bonds is 7. The lowest BCUT2D eigenvalue weighted by Gasteiger charge is -2.20. The number of ether oxygens (including phenoxy) is 1. The molecule has 0 aliphatic carbocycles. The van der Waals surface area contributed by atoms with Crippen LogP contribution in [0.5, 0.6) is 0 Å². The molecule has 1 aromatic carbocycles. The summed E-state index contributed by atoms with van der Waals surface area (Å²) in [6.07, 6.45) is 0. The van der Waals surface area contributed by atoms with Crippen molar-refractivity contribution >= 4 is 17.3 Å². The van der Waals surface area contributed by atoms with Crippen molar-refractivity contribution < 1.29 is 24.0 Å². The number of aromatic carboxylic acids is 1. The fourth-order valence-corrected chi connectivity index (χ4v) is 1.63. The van der Waals surface area contributed by atoms with Crippen molar-refractivity contribution in [1.29, 1.82) is 0 Å². The Morgan fingerprint density at radius 2 is 2.20 bits per heavy atom. The maximum absolute atomic E-state index is 13.8. The van der Waals surface area contributed by atoms with Crippen molar-refractivity contribution in [3.05, 3.63) is 33.6 Å². The van der Waals surface area contributed by atoms with Gasteiger partial charge in [0.15, 0.2) is 5.82 Å². The van der Waals surface area contributed by atoms with Gasteiger partial charge in [0.05, 0.1) is 23.3 Å². The lowest BCUT2D eigenvalue weighted by molar-refractivity contribution is -0.385.